The summed E-state index contributed by atoms with van der Waals surface area (Å²) in [5.41, 5.74) is 2.56. The molecule has 1 unspecified atom stereocenters. The average molecular weight is 342 g/mol. The van der Waals surface area contributed by atoms with Crippen LogP contribution < -0.4 is 10.6 Å². The number of carboxylic acids is 1. The first-order valence-electron chi connectivity index (χ1n) is 7.96. The van der Waals surface area contributed by atoms with Crippen LogP contribution in [-0.4, -0.2) is 38.9 Å². The molecule has 0 radical (unpaired) electrons. The van der Waals surface area contributed by atoms with E-state index in [0.29, 0.717) is 36.2 Å². The summed E-state index contributed by atoms with van der Waals surface area (Å²) in [6.07, 6.45) is 4.93. The van der Waals surface area contributed by atoms with Crippen LogP contribution >= 0.6 is 0 Å². The summed E-state index contributed by atoms with van der Waals surface area (Å²) in [6, 6.07) is 3.89. The number of carboxylic acid groups (broad SMARTS) is 1. The number of anilines is 1. The molecule has 1 atom stereocenters. The van der Waals surface area contributed by atoms with Crippen LogP contribution in [0.3, 0.4) is 0 Å². The molecule has 3 rings (SSSR count). The van der Waals surface area contributed by atoms with Crippen LogP contribution in [0, 0.1) is 0 Å². The summed E-state index contributed by atoms with van der Waals surface area (Å²) in [5, 5.41) is 14.7. The van der Waals surface area contributed by atoms with Crippen molar-refractivity contribution in [3.8, 4) is 0 Å². The molecular formula is C17H18N4O4. The van der Waals surface area contributed by atoms with E-state index in [1.54, 1.807) is 18.2 Å². The third kappa shape index (κ3) is 4.03. The van der Waals surface area contributed by atoms with Crippen molar-refractivity contribution in [2.24, 2.45) is 0 Å². The number of benzene rings is 1. The Bertz CT molecular complexity index is 801. The Labute approximate surface area is 143 Å². The Morgan fingerprint density at radius 3 is 2.88 bits per heavy atom. The lowest BCUT2D eigenvalue weighted by atomic mass is 10.0. The van der Waals surface area contributed by atoms with Crippen molar-refractivity contribution in [3.05, 3.63) is 47.5 Å². The van der Waals surface area contributed by atoms with E-state index < -0.39 is 17.9 Å². The first-order chi connectivity index (χ1) is 12.0. The number of aromatic amines is 1. The zero-order valence-electron chi connectivity index (χ0n) is 13.4. The third-order valence-electron chi connectivity index (χ3n) is 4.07. The SMILES string of the molecule is O=C1CCCc2cc(C(=O)NC(Cc3cnc[nH]3)C(=O)O)ccc2N1. The number of amides is 2. The number of imidazole rings is 1. The van der Waals surface area contributed by atoms with Gasteiger partial charge in [-0.1, -0.05) is 0 Å². The monoisotopic (exact) mass is 342 g/mol. The lowest BCUT2D eigenvalue weighted by Gasteiger charge is -2.15. The minimum absolute atomic E-state index is 0.0403. The van der Waals surface area contributed by atoms with Crippen LogP contribution in [0.5, 0.6) is 0 Å². The molecule has 0 saturated carbocycles. The summed E-state index contributed by atoms with van der Waals surface area (Å²) >= 11 is 0. The average Bonchev–Trinajstić information content (AvgIpc) is 3.01. The minimum atomic E-state index is -1.12. The number of H-pyrrole nitrogens is 1. The van der Waals surface area contributed by atoms with Crippen molar-refractivity contribution in [1.29, 1.82) is 0 Å². The van der Waals surface area contributed by atoms with E-state index in [0.717, 1.165) is 5.56 Å². The molecule has 1 aliphatic heterocycles. The second-order valence-electron chi connectivity index (χ2n) is 5.92. The standard InChI is InChI=1S/C17H18N4O4/c22-15-3-1-2-10-6-11(4-5-13(10)20-15)16(23)21-14(17(24)25)7-12-8-18-9-19-12/h4-6,8-9,14H,1-3,7H2,(H,18,19)(H,20,22)(H,21,23)(H,24,25). The molecule has 0 saturated heterocycles. The summed E-state index contributed by atoms with van der Waals surface area (Å²) in [6.45, 7) is 0. The van der Waals surface area contributed by atoms with Crippen LogP contribution in [0.25, 0.3) is 0 Å². The lowest BCUT2D eigenvalue weighted by molar-refractivity contribution is -0.139. The van der Waals surface area contributed by atoms with Gasteiger partial charge in [0.1, 0.15) is 6.04 Å². The number of hydrogen-bond donors (Lipinski definition) is 4. The van der Waals surface area contributed by atoms with Gasteiger partial charge in [-0.15, -0.1) is 0 Å². The van der Waals surface area contributed by atoms with E-state index in [-0.39, 0.29) is 12.3 Å². The highest BCUT2D eigenvalue weighted by atomic mass is 16.4. The molecule has 0 bridgehead atoms. The second kappa shape index (κ2) is 7.16. The van der Waals surface area contributed by atoms with Crippen molar-refractivity contribution < 1.29 is 19.5 Å². The predicted octanol–water partition coefficient (Wildman–Crippen LogP) is 1.11. The van der Waals surface area contributed by atoms with Gasteiger partial charge in [0.05, 0.1) is 6.33 Å². The van der Waals surface area contributed by atoms with Gasteiger partial charge in [0.25, 0.3) is 5.91 Å². The number of rotatable bonds is 5. The fourth-order valence-corrected chi connectivity index (χ4v) is 2.77. The molecule has 2 amide bonds. The summed E-state index contributed by atoms with van der Waals surface area (Å²) in [5.74, 6) is -1.63. The van der Waals surface area contributed by atoms with Crippen molar-refractivity contribution in [2.45, 2.75) is 31.7 Å². The third-order valence-corrected chi connectivity index (χ3v) is 4.07. The fraction of sp³-hybridized carbons (Fsp3) is 0.294. The smallest absolute Gasteiger partial charge is 0.326 e. The molecule has 0 fully saturated rings. The van der Waals surface area contributed by atoms with Crippen molar-refractivity contribution in [3.63, 3.8) is 0 Å². The number of aliphatic carboxylic acids is 1. The molecule has 0 spiro atoms. The molecule has 8 heteroatoms. The zero-order chi connectivity index (χ0) is 17.8. The van der Waals surface area contributed by atoms with Crippen molar-refractivity contribution in [1.82, 2.24) is 15.3 Å². The fourth-order valence-electron chi connectivity index (χ4n) is 2.77. The van der Waals surface area contributed by atoms with Gasteiger partial charge in [0.2, 0.25) is 5.91 Å². The highest BCUT2D eigenvalue weighted by Gasteiger charge is 2.22. The van der Waals surface area contributed by atoms with E-state index in [2.05, 4.69) is 20.6 Å². The molecule has 1 aromatic carbocycles. The van der Waals surface area contributed by atoms with Crippen LogP contribution in [-0.2, 0) is 22.4 Å². The Kier molecular flexibility index (Phi) is 4.78. The maximum Gasteiger partial charge on any atom is 0.326 e. The van der Waals surface area contributed by atoms with Crippen LogP contribution in [0.15, 0.2) is 30.7 Å². The normalized spacial score (nSPS) is 14.8. The van der Waals surface area contributed by atoms with Gasteiger partial charge in [-0.05, 0) is 36.6 Å². The number of hydrogen-bond acceptors (Lipinski definition) is 4. The quantitative estimate of drug-likeness (QED) is 0.648. The molecule has 2 aromatic rings. The van der Waals surface area contributed by atoms with Gasteiger partial charge in [0, 0.05) is 36.0 Å². The molecular weight excluding hydrogens is 324 g/mol. The van der Waals surface area contributed by atoms with E-state index in [1.165, 1.54) is 12.5 Å². The summed E-state index contributed by atoms with van der Waals surface area (Å²) in [7, 11) is 0. The van der Waals surface area contributed by atoms with Gasteiger partial charge >= 0.3 is 5.97 Å². The molecule has 130 valence electrons. The van der Waals surface area contributed by atoms with Crippen molar-refractivity contribution in [2.75, 3.05) is 5.32 Å². The minimum Gasteiger partial charge on any atom is -0.480 e. The summed E-state index contributed by atoms with van der Waals surface area (Å²) < 4.78 is 0. The number of nitrogens with zero attached hydrogens (tertiary/aromatic N) is 1. The number of aromatic nitrogens is 2. The van der Waals surface area contributed by atoms with E-state index in [4.69, 9.17) is 0 Å². The molecule has 0 aliphatic carbocycles. The molecule has 1 aliphatic rings. The van der Waals surface area contributed by atoms with Crippen LogP contribution in [0.2, 0.25) is 0 Å². The van der Waals surface area contributed by atoms with Gasteiger partial charge in [-0.3, -0.25) is 9.59 Å². The highest BCUT2D eigenvalue weighted by molar-refractivity contribution is 5.98. The van der Waals surface area contributed by atoms with Gasteiger partial charge < -0.3 is 20.7 Å². The Morgan fingerprint density at radius 2 is 2.16 bits per heavy atom. The topological polar surface area (TPSA) is 124 Å². The van der Waals surface area contributed by atoms with Gasteiger partial charge in [-0.25, -0.2) is 9.78 Å². The Hall–Kier alpha value is -3.16. The molecule has 4 N–H and O–H groups in total. The Balaban J connectivity index is 1.74. The maximum atomic E-state index is 12.4. The number of carbonyl (C=O) groups excluding carboxylic acids is 2. The zero-order valence-corrected chi connectivity index (χ0v) is 13.4. The maximum absolute atomic E-state index is 12.4. The second-order valence-corrected chi connectivity index (χ2v) is 5.92. The van der Waals surface area contributed by atoms with E-state index >= 15 is 0 Å². The first-order valence-corrected chi connectivity index (χ1v) is 7.96. The van der Waals surface area contributed by atoms with Crippen molar-refractivity contribution >= 4 is 23.5 Å². The molecule has 25 heavy (non-hydrogen) atoms. The number of carbonyl (C=O) groups is 3. The number of aryl methyl sites for hydroxylation is 1. The van der Waals surface area contributed by atoms with E-state index in [1.807, 2.05) is 0 Å². The first kappa shape index (κ1) is 16.7. The summed E-state index contributed by atoms with van der Waals surface area (Å²) in [4.78, 5) is 42.1. The van der Waals surface area contributed by atoms with Gasteiger partial charge in [-0.2, -0.15) is 0 Å². The molecule has 8 nitrogen and oxygen atoms in total. The lowest BCUT2D eigenvalue weighted by Crippen LogP contribution is -2.42. The highest BCUT2D eigenvalue weighted by Crippen LogP contribution is 2.23. The largest absolute Gasteiger partial charge is 0.480 e. The van der Waals surface area contributed by atoms with Crippen LogP contribution in [0.1, 0.15) is 34.5 Å². The van der Waals surface area contributed by atoms with E-state index in [9.17, 15) is 19.5 Å². The number of nitrogens with one attached hydrogen (secondary N) is 3. The number of fused-ring (bicyclic) bond motifs is 1. The van der Waals surface area contributed by atoms with Crippen LogP contribution in [0.4, 0.5) is 5.69 Å². The van der Waals surface area contributed by atoms with Gasteiger partial charge in [0.15, 0.2) is 0 Å². The molecule has 2 heterocycles. The molecule has 1 aromatic heterocycles. The predicted molar refractivity (Wildman–Crippen MR) is 89.2 cm³/mol. The Morgan fingerprint density at radius 1 is 1.32 bits per heavy atom.